The Morgan fingerprint density at radius 3 is 2.35 bits per heavy atom. The molecule has 0 unspecified atom stereocenters. The van der Waals surface area contributed by atoms with Crippen LogP contribution in [-0.2, 0) is 21.4 Å². The largest absolute Gasteiger partial charge is 0.384 e. The predicted molar refractivity (Wildman–Crippen MR) is 74.0 cm³/mol. The van der Waals surface area contributed by atoms with Gasteiger partial charge in [0.15, 0.2) is 4.75 Å². The van der Waals surface area contributed by atoms with Crippen molar-refractivity contribution in [2.24, 2.45) is 0 Å². The molecule has 1 heterocycles. The number of aliphatic hydroxyl groups excluding tert-OH is 1. The highest BCUT2D eigenvalue weighted by Crippen LogP contribution is 2.35. The smallest absolute Gasteiger partial charge is 0.259 e. The first kappa shape index (κ1) is 14.6. The fourth-order valence-corrected chi connectivity index (χ4v) is 3.43. The van der Waals surface area contributed by atoms with Gasteiger partial charge in [0.2, 0.25) is 0 Å². The number of aliphatic hydroxyl groups is 1. The van der Waals surface area contributed by atoms with E-state index in [2.05, 4.69) is 11.8 Å². The lowest BCUT2D eigenvalue weighted by Gasteiger charge is -2.43. The zero-order valence-electron chi connectivity index (χ0n) is 11.3. The van der Waals surface area contributed by atoms with Crippen LogP contribution < -0.4 is 0 Å². The first-order valence-electron chi connectivity index (χ1n) is 6.06. The van der Waals surface area contributed by atoms with E-state index in [4.69, 9.17) is 5.11 Å². The lowest BCUT2D eigenvalue weighted by Crippen LogP contribution is -2.66. The van der Waals surface area contributed by atoms with Crippen molar-refractivity contribution in [3.8, 4) is 11.8 Å². The molecule has 0 aliphatic carbocycles. The number of carbonyl (C=O) groups is 1. The molecule has 1 N–H and O–H groups in total. The zero-order chi connectivity index (χ0) is 15.0. The summed E-state index contributed by atoms with van der Waals surface area (Å²) in [6.07, 6.45) is 0. The Morgan fingerprint density at radius 2 is 1.85 bits per heavy atom. The minimum absolute atomic E-state index is 0.0400. The normalized spacial score (nSPS) is 18.9. The average molecular weight is 293 g/mol. The summed E-state index contributed by atoms with van der Waals surface area (Å²) in [5, 5.41) is 8.59. The molecule has 0 spiro atoms. The molecule has 5 nitrogen and oxygen atoms in total. The number of sulfonamides is 1. The number of rotatable bonds is 2. The van der Waals surface area contributed by atoms with Gasteiger partial charge in [-0.05, 0) is 31.5 Å². The van der Waals surface area contributed by atoms with Gasteiger partial charge in [0.1, 0.15) is 6.61 Å². The predicted octanol–water partition coefficient (Wildman–Crippen LogP) is 0.481. The lowest BCUT2D eigenvalue weighted by atomic mass is 10.1. The molecule has 1 amide bonds. The van der Waals surface area contributed by atoms with E-state index in [0.717, 1.165) is 9.87 Å². The Morgan fingerprint density at radius 1 is 1.25 bits per heavy atom. The monoisotopic (exact) mass is 293 g/mol. The van der Waals surface area contributed by atoms with Gasteiger partial charge in [0.05, 0.1) is 6.54 Å². The second-order valence-corrected chi connectivity index (χ2v) is 7.40. The van der Waals surface area contributed by atoms with Crippen LogP contribution in [0.5, 0.6) is 0 Å². The van der Waals surface area contributed by atoms with Crippen LogP contribution in [0.4, 0.5) is 0 Å². The number of benzene rings is 1. The van der Waals surface area contributed by atoms with Gasteiger partial charge >= 0.3 is 0 Å². The Labute approximate surface area is 118 Å². The van der Waals surface area contributed by atoms with Crippen molar-refractivity contribution >= 4 is 15.9 Å². The molecule has 0 bridgehead atoms. The van der Waals surface area contributed by atoms with Gasteiger partial charge in [0.25, 0.3) is 15.9 Å². The van der Waals surface area contributed by atoms with E-state index in [1.807, 2.05) is 0 Å². The molecule has 2 rings (SSSR count). The van der Waals surface area contributed by atoms with Crippen LogP contribution >= 0.6 is 0 Å². The van der Waals surface area contributed by atoms with Crippen molar-refractivity contribution in [1.82, 2.24) is 4.31 Å². The number of amides is 1. The SMILES string of the molecule is CC1(C)C(=O)N(Cc2ccc(C#CCO)cc2)S1(=O)=O. The summed E-state index contributed by atoms with van der Waals surface area (Å²) >= 11 is 0. The molecule has 0 atom stereocenters. The Hall–Kier alpha value is -1.84. The van der Waals surface area contributed by atoms with Gasteiger partial charge in [0, 0.05) is 5.56 Å². The second-order valence-electron chi connectivity index (χ2n) is 4.98. The van der Waals surface area contributed by atoms with E-state index in [0.29, 0.717) is 5.56 Å². The fraction of sp³-hybridized carbons (Fsp3) is 0.357. The lowest BCUT2D eigenvalue weighted by molar-refractivity contribution is -0.132. The van der Waals surface area contributed by atoms with Crippen LogP contribution in [0.3, 0.4) is 0 Å². The van der Waals surface area contributed by atoms with Crippen LogP contribution in [0.1, 0.15) is 25.0 Å². The first-order chi connectivity index (χ1) is 9.30. The van der Waals surface area contributed by atoms with Crippen LogP contribution in [-0.4, -0.2) is 35.1 Å². The van der Waals surface area contributed by atoms with Crippen LogP contribution in [0, 0.1) is 11.8 Å². The molecule has 1 aromatic rings. The number of nitrogens with zero attached hydrogens (tertiary/aromatic N) is 1. The van der Waals surface area contributed by atoms with Gasteiger partial charge in [-0.15, -0.1) is 0 Å². The van der Waals surface area contributed by atoms with Crippen LogP contribution in [0.25, 0.3) is 0 Å². The highest BCUT2D eigenvalue weighted by Gasteiger charge is 2.59. The van der Waals surface area contributed by atoms with Crippen molar-refractivity contribution in [3.63, 3.8) is 0 Å². The third-order valence-electron chi connectivity index (χ3n) is 3.27. The summed E-state index contributed by atoms with van der Waals surface area (Å²) in [5.41, 5.74) is 1.44. The Balaban J connectivity index is 2.15. The summed E-state index contributed by atoms with van der Waals surface area (Å²) in [4.78, 5) is 11.8. The molecule has 1 aliphatic rings. The van der Waals surface area contributed by atoms with Crippen molar-refractivity contribution in [3.05, 3.63) is 35.4 Å². The average Bonchev–Trinajstić information content (AvgIpc) is 2.42. The van der Waals surface area contributed by atoms with E-state index >= 15 is 0 Å². The van der Waals surface area contributed by atoms with Crippen LogP contribution in [0.2, 0.25) is 0 Å². The van der Waals surface area contributed by atoms with Gasteiger partial charge in [-0.1, -0.05) is 24.0 Å². The Kier molecular flexibility index (Phi) is 3.59. The maximum Gasteiger partial charge on any atom is 0.259 e. The van der Waals surface area contributed by atoms with E-state index in [1.165, 1.54) is 13.8 Å². The molecule has 1 saturated heterocycles. The van der Waals surface area contributed by atoms with Crippen molar-refractivity contribution < 1.29 is 18.3 Å². The first-order valence-corrected chi connectivity index (χ1v) is 7.50. The molecule has 0 aromatic heterocycles. The molecule has 20 heavy (non-hydrogen) atoms. The minimum atomic E-state index is -3.55. The molecule has 1 aliphatic heterocycles. The molecule has 1 fully saturated rings. The van der Waals surface area contributed by atoms with Gasteiger partial charge in [-0.2, -0.15) is 0 Å². The highest BCUT2D eigenvalue weighted by atomic mass is 32.2. The highest BCUT2D eigenvalue weighted by molar-refractivity contribution is 7.94. The summed E-state index contributed by atoms with van der Waals surface area (Å²) in [6.45, 7) is 2.65. The molecule has 0 radical (unpaired) electrons. The van der Waals surface area contributed by atoms with E-state index in [-0.39, 0.29) is 19.1 Å². The van der Waals surface area contributed by atoms with Gasteiger partial charge < -0.3 is 5.11 Å². The number of carbonyl (C=O) groups excluding carboxylic acids is 1. The summed E-state index contributed by atoms with van der Waals surface area (Å²) in [5.74, 6) is 4.88. The van der Waals surface area contributed by atoms with E-state index in [9.17, 15) is 13.2 Å². The molecular formula is C14H15NO4S. The third kappa shape index (κ3) is 2.19. The van der Waals surface area contributed by atoms with E-state index in [1.54, 1.807) is 24.3 Å². The second kappa shape index (κ2) is 4.93. The third-order valence-corrected chi connectivity index (χ3v) is 5.61. The standard InChI is InChI=1S/C14H15NO4S/c1-14(2)13(17)15(20(14,18)19)10-12-7-5-11(6-8-12)4-3-9-16/h5-8,16H,9-10H2,1-2H3. The summed E-state index contributed by atoms with van der Waals surface area (Å²) in [6, 6.07) is 6.88. The summed E-state index contributed by atoms with van der Waals surface area (Å²) in [7, 11) is -3.55. The topological polar surface area (TPSA) is 74.7 Å². The van der Waals surface area contributed by atoms with Crippen molar-refractivity contribution in [2.75, 3.05) is 6.61 Å². The molecule has 0 saturated carbocycles. The molecule has 106 valence electrons. The number of hydrogen-bond acceptors (Lipinski definition) is 4. The maximum absolute atomic E-state index is 11.9. The Bertz CT molecular complexity index is 693. The van der Waals surface area contributed by atoms with Crippen molar-refractivity contribution in [1.29, 1.82) is 0 Å². The van der Waals surface area contributed by atoms with Crippen LogP contribution in [0.15, 0.2) is 24.3 Å². The van der Waals surface area contributed by atoms with Gasteiger partial charge in [-0.25, -0.2) is 12.7 Å². The quantitative estimate of drug-likeness (QED) is 0.805. The number of hydrogen-bond donors (Lipinski definition) is 1. The van der Waals surface area contributed by atoms with Crippen molar-refractivity contribution in [2.45, 2.75) is 25.1 Å². The zero-order valence-corrected chi connectivity index (χ0v) is 12.1. The molecular weight excluding hydrogens is 278 g/mol. The fourth-order valence-electron chi connectivity index (χ4n) is 1.91. The maximum atomic E-state index is 11.9. The molecule has 1 aromatic carbocycles. The minimum Gasteiger partial charge on any atom is -0.384 e. The van der Waals surface area contributed by atoms with E-state index < -0.39 is 14.8 Å². The summed E-state index contributed by atoms with van der Waals surface area (Å²) < 4.78 is 23.5. The molecule has 6 heteroatoms. The van der Waals surface area contributed by atoms with Gasteiger partial charge in [-0.3, -0.25) is 4.79 Å².